The van der Waals surface area contributed by atoms with Gasteiger partial charge < -0.3 is 10.0 Å². The summed E-state index contributed by atoms with van der Waals surface area (Å²) in [4.78, 5) is 0. The topological polar surface area (TPSA) is 40.5 Å². The van der Waals surface area contributed by atoms with Crippen molar-refractivity contribution in [3.05, 3.63) is 23.8 Å². The number of allylic oxidation sites excluding steroid dienone is 4. The van der Waals surface area contributed by atoms with Crippen LogP contribution in [0.25, 0.3) is 0 Å². The molecule has 0 bridgehead atoms. The fourth-order valence-electron chi connectivity index (χ4n) is 1.30. The molecule has 0 radical (unpaired) electrons. The molecule has 0 saturated heterocycles. The van der Waals surface area contributed by atoms with E-state index in [1.54, 1.807) is 0 Å². The van der Waals surface area contributed by atoms with E-state index >= 15 is 0 Å². The lowest BCUT2D eigenvalue weighted by atomic mass is 9.68. The third-order valence-electron chi connectivity index (χ3n) is 2.21. The first-order valence-electron chi connectivity index (χ1n) is 4.35. The van der Waals surface area contributed by atoms with Gasteiger partial charge in [-0.2, -0.15) is 0 Å². The highest BCUT2D eigenvalue weighted by Crippen LogP contribution is 2.25. The summed E-state index contributed by atoms with van der Waals surface area (Å²) in [6.07, 6.45) is 6.68. The van der Waals surface area contributed by atoms with Crippen molar-refractivity contribution in [1.29, 1.82) is 0 Å². The Bertz CT molecular complexity index is 207. The molecule has 2 N–H and O–H groups in total. The van der Waals surface area contributed by atoms with Crippen molar-refractivity contribution in [3.63, 3.8) is 0 Å². The van der Waals surface area contributed by atoms with E-state index < -0.39 is 7.12 Å². The molecule has 0 spiro atoms. The van der Waals surface area contributed by atoms with Crippen molar-refractivity contribution in [3.8, 4) is 0 Å². The molecule has 0 aromatic heterocycles. The van der Waals surface area contributed by atoms with Gasteiger partial charge in [0.25, 0.3) is 0 Å². The lowest BCUT2D eigenvalue weighted by Crippen LogP contribution is -2.19. The summed E-state index contributed by atoms with van der Waals surface area (Å²) < 4.78 is 0. The third kappa shape index (κ3) is 2.22. The summed E-state index contributed by atoms with van der Waals surface area (Å²) in [5.74, 6) is 0.408. The Morgan fingerprint density at radius 3 is 2.50 bits per heavy atom. The van der Waals surface area contributed by atoms with Gasteiger partial charge in [-0.1, -0.05) is 32.1 Å². The zero-order valence-electron chi connectivity index (χ0n) is 7.57. The molecular weight excluding hydrogens is 151 g/mol. The fourth-order valence-corrected chi connectivity index (χ4v) is 1.30. The molecule has 1 rings (SSSR count). The lowest BCUT2D eigenvalue weighted by molar-refractivity contribution is 0.394. The van der Waals surface area contributed by atoms with E-state index in [9.17, 15) is 0 Å². The van der Waals surface area contributed by atoms with Gasteiger partial charge in [0.05, 0.1) is 0 Å². The SMILES string of the molecule is CC(C)C1=CCC(B(O)O)C=C1. The third-order valence-corrected chi connectivity index (χ3v) is 2.21. The zero-order valence-corrected chi connectivity index (χ0v) is 7.57. The maximum absolute atomic E-state index is 8.88. The maximum atomic E-state index is 8.88. The first kappa shape index (κ1) is 9.55. The molecule has 0 heterocycles. The molecule has 0 fully saturated rings. The van der Waals surface area contributed by atoms with Gasteiger partial charge in [0.15, 0.2) is 0 Å². The monoisotopic (exact) mass is 166 g/mol. The first-order valence-corrected chi connectivity index (χ1v) is 4.35. The molecule has 1 aliphatic carbocycles. The van der Waals surface area contributed by atoms with Gasteiger partial charge in [0, 0.05) is 5.82 Å². The van der Waals surface area contributed by atoms with Gasteiger partial charge in [0.2, 0.25) is 0 Å². The Morgan fingerprint density at radius 1 is 1.50 bits per heavy atom. The Hall–Kier alpha value is -0.535. The van der Waals surface area contributed by atoms with Crippen LogP contribution in [0, 0.1) is 5.92 Å². The molecular formula is C9H15BO2. The standard InChI is InChI=1S/C9H15BO2/c1-7(2)8-3-5-9(6-4-8)10(11)12/h3-5,7,9,11-12H,6H2,1-2H3. The summed E-state index contributed by atoms with van der Waals surface area (Å²) in [6, 6.07) is 0. The molecule has 0 amide bonds. The first-order chi connectivity index (χ1) is 5.61. The van der Waals surface area contributed by atoms with Gasteiger partial charge in [0.1, 0.15) is 0 Å². The summed E-state index contributed by atoms with van der Waals surface area (Å²) in [5.41, 5.74) is 1.28. The summed E-state index contributed by atoms with van der Waals surface area (Å²) in [5, 5.41) is 17.8. The second-order valence-corrected chi connectivity index (χ2v) is 3.53. The highest BCUT2D eigenvalue weighted by Gasteiger charge is 2.21. The molecule has 1 unspecified atom stereocenters. The van der Waals surface area contributed by atoms with Crippen molar-refractivity contribution >= 4 is 7.12 Å². The van der Waals surface area contributed by atoms with E-state index in [4.69, 9.17) is 10.0 Å². The molecule has 3 heteroatoms. The zero-order chi connectivity index (χ0) is 9.14. The van der Waals surface area contributed by atoms with E-state index in [0.717, 1.165) is 6.42 Å². The molecule has 1 atom stereocenters. The van der Waals surface area contributed by atoms with E-state index in [1.165, 1.54) is 5.57 Å². The number of hydrogen-bond donors (Lipinski definition) is 2. The summed E-state index contributed by atoms with van der Waals surface area (Å²) in [6.45, 7) is 4.26. The quantitative estimate of drug-likeness (QED) is 0.608. The Balaban J connectivity index is 2.55. The summed E-state index contributed by atoms with van der Waals surface area (Å²) >= 11 is 0. The van der Waals surface area contributed by atoms with Crippen LogP contribution in [0.4, 0.5) is 0 Å². The molecule has 12 heavy (non-hydrogen) atoms. The van der Waals surface area contributed by atoms with Crippen molar-refractivity contribution in [2.24, 2.45) is 5.92 Å². The molecule has 0 saturated carbocycles. The van der Waals surface area contributed by atoms with Crippen LogP contribution >= 0.6 is 0 Å². The van der Waals surface area contributed by atoms with Crippen LogP contribution in [-0.4, -0.2) is 17.2 Å². The predicted molar refractivity (Wildman–Crippen MR) is 50.6 cm³/mol. The Morgan fingerprint density at radius 2 is 2.17 bits per heavy atom. The molecule has 2 nitrogen and oxygen atoms in total. The van der Waals surface area contributed by atoms with E-state index in [1.807, 2.05) is 12.2 Å². The van der Waals surface area contributed by atoms with Gasteiger partial charge in [-0.15, -0.1) is 0 Å². The summed E-state index contributed by atoms with van der Waals surface area (Å²) in [7, 11) is -1.22. The van der Waals surface area contributed by atoms with Gasteiger partial charge in [-0.05, 0) is 17.9 Å². The van der Waals surface area contributed by atoms with Crippen LogP contribution in [0.1, 0.15) is 20.3 Å². The van der Waals surface area contributed by atoms with Crippen LogP contribution in [0.5, 0.6) is 0 Å². The average Bonchev–Trinajstić information content (AvgIpc) is 2.04. The van der Waals surface area contributed by atoms with Crippen molar-refractivity contribution in [2.75, 3.05) is 0 Å². The number of rotatable bonds is 2. The van der Waals surface area contributed by atoms with Crippen molar-refractivity contribution in [2.45, 2.75) is 26.1 Å². The van der Waals surface area contributed by atoms with E-state index in [2.05, 4.69) is 19.9 Å². The van der Waals surface area contributed by atoms with E-state index in [-0.39, 0.29) is 5.82 Å². The van der Waals surface area contributed by atoms with Crippen molar-refractivity contribution < 1.29 is 10.0 Å². The molecule has 1 aliphatic rings. The lowest BCUT2D eigenvalue weighted by Gasteiger charge is -2.16. The van der Waals surface area contributed by atoms with Gasteiger partial charge >= 0.3 is 7.12 Å². The van der Waals surface area contributed by atoms with Crippen LogP contribution in [0.2, 0.25) is 5.82 Å². The average molecular weight is 166 g/mol. The maximum Gasteiger partial charge on any atom is 0.459 e. The minimum atomic E-state index is -1.22. The molecule has 0 aromatic rings. The molecule has 0 aliphatic heterocycles. The largest absolute Gasteiger partial charge is 0.459 e. The second kappa shape index (κ2) is 3.92. The minimum absolute atomic E-state index is 0.118. The van der Waals surface area contributed by atoms with Crippen molar-refractivity contribution in [1.82, 2.24) is 0 Å². The second-order valence-electron chi connectivity index (χ2n) is 3.53. The Labute approximate surface area is 73.8 Å². The van der Waals surface area contributed by atoms with Crippen LogP contribution in [0.15, 0.2) is 23.8 Å². The van der Waals surface area contributed by atoms with E-state index in [0.29, 0.717) is 5.92 Å². The highest BCUT2D eigenvalue weighted by molar-refractivity contribution is 6.44. The normalized spacial score (nSPS) is 22.8. The highest BCUT2D eigenvalue weighted by atomic mass is 16.4. The van der Waals surface area contributed by atoms with Crippen LogP contribution in [0.3, 0.4) is 0 Å². The van der Waals surface area contributed by atoms with Gasteiger partial charge in [-0.3, -0.25) is 0 Å². The minimum Gasteiger partial charge on any atom is -0.427 e. The van der Waals surface area contributed by atoms with Crippen LogP contribution < -0.4 is 0 Å². The molecule has 0 aromatic carbocycles. The van der Waals surface area contributed by atoms with Gasteiger partial charge in [-0.25, -0.2) is 0 Å². The fraction of sp³-hybridized carbons (Fsp3) is 0.556. The van der Waals surface area contributed by atoms with Crippen LogP contribution in [-0.2, 0) is 0 Å². The smallest absolute Gasteiger partial charge is 0.427 e. The Kier molecular flexibility index (Phi) is 3.12. The predicted octanol–water partition coefficient (Wildman–Crippen LogP) is 1.37. The molecule has 66 valence electrons. The number of hydrogen-bond acceptors (Lipinski definition) is 2.